The zero-order valence-corrected chi connectivity index (χ0v) is 26.1. The van der Waals surface area contributed by atoms with Crippen LogP contribution in [0.4, 0.5) is 36.3 Å². The van der Waals surface area contributed by atoms with E-state index in [-0.39, 0.29) is 29.5 Å². The lowest BCUT2D eigenvalue weighted by Gasteiger charge is -2.26. The van der Waals surface area contributed by atoms with Crippen molar-refractivity contribution < 1.29 is 27.9 Å². The van der Waals surface area contributed by atoms with Gasteiger partial charge in [0.2, 0.25) is 11.8 Å². The van der Waals surface area contributed by atoms with E-state index in [4.69, 9.17) is 0 Å². The molecule has 0 unspecified atom stereocenters. The van der Waals surface area contributed by atoms with Gasteiger partial charge in [-0.25, -0.2) is 4.98 Å². The van der Waals surface area contributed by atoms with Crippen molar-refractivity contribution in [3.8, 4) is 5.88 Å². The van der Waals surface area contributed by atoms with Crippen molar-refractivity contribution in [2.45, 2.75) is 70.6 Å². The number of aryl methyl sites for hydroxylation is 1. The van der Waals surface area contributed by atoms with E-state index >= 15 is 0 Å². The summed E-state index contributed by atoms with van der Waals surface area (Å²) >= 11 is 0. The molecule has 2 aromatic heterocycles. The third-order valence-electron chi connectivity index (χ3n) is 8.39. The predicted molar refractivity (Wildman–Crippen MR) is 169 cm³/mol. The minimum Gasteiger partial charge on any atom is -0.494 e. The lowest BCUT2D eigenvalue weighted by Crippen LogP contribution is -2.17. The maximum absolute atomic E-state index is 14.1. The Kier molecular flexibility index (Phi) is 9.28. The Morgan fingerprint density at radius 1 is 1.05 bits per heavy atom. The van der Waals surface area contributed by atoms with Crippen molar-refractivity contribution in [3.63, 3.8) is 0 Å². The van der Waals surface area contributed by atoms with Crippen molar-refractivity contribution in [3.05, 3.63) is 59.9 Å². The van der Waals surface area contributed by atoms with Gasteiger partial charge in [0, 0.05) is 48.1 Å². The van der Waals surface area contributed by atoms with Gasteiger partial charge in [0.15, 0.2) is 0 Å². The van der Waals surface area contributed by atoms with Gasteiger partial charge in [0.05, 0.1) is 17.2 Å². The molecule has 0 aliphatic heterocycles. The highest BCUT2D eigenvalue weighted by molar-refractivity contribution is 7.71. The van der Waals surface area contributed by atoms with Crippen molar-refractivity contribution in [1.82, 2.24) is 14.5 Å². The van der Waals surface area contributed by atoms with Gasteiger partial charge in [-0.3, -0.25) is 0 Å². The molecule has 1 fully saturated rings. The van der Waals surface area contributed by atoms with Crippen molar-refractivity contribution in [2.75, 3.05) is 23.0 Å². The average molecular weight is 630 g/mol. The number of benzene rings is 2. The number of aromatic hydroxyl groups is 1. The maximum atomic E-state index is 14.1. The van der Waals surface area contributed by atoms with Crippen LogP contribution in [0.25, 0.3) is 10.8 Å². The SMILES string of the molecule is CCCP(=O)(CCC)c1cccc(Nc2ncc(C(F)(F)F)c(Nc3ccc(C4CCC(O)CC4)c4cn(C)c(O)c34)n2)c1. The first-order valence-corrected chi connectivity index (χ1v) is 17.2. The van der Waals surface area contributed by atoms with Gasteiger partial charge in [-0.2, -0.15) is 18.2 Å². The minimum absolute atomic E-state index is 0.0654. The number of hydrogen-bond acceptors (Lipinski definition) is 7. The number of nitrogens with zero attached hydrogens (tertiary/aromatic N) is 3. The third kappa shape index (κ3) is 6.59. The smallest absolute Gasteiger partial charge is 0.421 e. The molecular weight excluding hydrogens is 590 g/mol. The monoisotopic (exact) mass is 629 g/mol. The van der Waals surface area contributed by atoms with Crippen LogP contribution in [0.1, 0.15) is 69.4 Å². The predicted octanol–water partition coefficient (Wildman–Crippen LogP) is 8.01. The van der Waals surface area contributed by atoms with Crippen LogP contribution in [-0.2, 0) is 17.8 Å². The highest BCUT2D eigenvalue weighted by Crippen LogP contribution is 2.46. The summed E-state index contributed by atoms with van der Waals surface area (Å²) in [7, 11) is -0.937. The first-order valence-electron chi connectivity index (χ1n) is 15.1. The Hall–Kier alpha value is -3.56. The summed E-state index contributed by atoms with van der Waals surface area (Å²) < 4.78 is 57.6. The molecule has 0 spiro atoms. The van der Waals surface area contributed by atoms with Crippen LogP contribution in [0.15, 0.2) is 48.8 Å². The molecule has 12 heteroatoms. The van der Waals surface area contributed by atoms with Crippen LogP contribution in [-0.4, -0.2) is 43.2 Å². The molecule has 4 N–H and O–H groups in total. The van der Waals surface area contributed by atoms with Crippen LogP contribution in [0.3, 0.4) is 0 Å². The number of aromatic nitrogens is 3. The van der Waals surface area contributed by atoms with Crippen LogP contribution in [0.2, 0.25) is 0 Å². The summed E-state index contributed by atoms with van der Waals surface area (Å²) in [6, 6.07) is 10.6. The van der Waals surface area contributed by atoms with E-state index in [1.54, 1.807) is 37.5 Å². The molecule has 2 aromatic carbocycles. The van der Waals surface area contributed by atoms with E-state index in [0.29, 0.717) is 41.5 Å². The lowest BCUT2D eigenvalue weighted by molar-refractivity contribution is -0.137. The van der Waals surface area contributed by atoms with Gasteiger partial charge in [-0.1, -0.05) is 32.0 Å². The highest BCUT2D eigenvalue weighted by Gasteiger charge is 2.36. The normalized spacial score (nSPS) is 17.6. The fraction of sp³-hybridized carbons (Fsp3) is 0.438. The second kappa shape index (κ2) is 12.8. The van der Waals surface area contributed by atoms with Gasteiger partial charge >= 0.3 is 6.18 Å². The number of halogens is 3. The Morgan fingerprint density at radius 2 is 1.75 bits per heavy atom. The molecule has 44 heavy (non-hydrogen) atoms. The van der Waals surface area contributed by atoms with Crippen LogP contribution in [0, 0.1) is 0 Å². The second-order valence-corrected chi connectivity index (χ2v) is 14.8. The van der Waals surface area contributed by atoms with E-state index in [0.717, 1.165) is 42.8 Å². The molecule has 1 saturated carbocycles. The zero-order valence-electron chi connectivity index (χ0n) is 25.2. The summed E-state index contributed by atoms with van der Waals surface area (Å²) in [5.41, 5.74) is 0.722. The average Bonchev–Trinajstić information content (AvgIpc) is 3.28. The number of aliphatic hydroxyl groups excluding tert-OH is 1. The lowest BCUT2D eigenvalue weighted by atomic mass is 9.81. The number of aliphatic hydroxyl groups is 1. The van der Waals surface area contributed by atoms with Gasteiger partial charge < -0.3 is 30.0 Å². The Morgan fingerprint density at radius 3 is 2.41 bits per heavy atom. The Bertz CT molecular complexity index is 1670. The zero-order chi connectivity index (χ0) is 31.6. The third-order valence-corrected chi connectivity index (χ3v) is 11.9. The topological polar surface area (TPSA) is 112 Å². The number of fused-ring (bicyclic) bond motifs is 1. The van der Waals surface area contributed by atoms with E-state index in [9.17, 15) is 27.9 Å². The van der Waals surface area contributed by atoms with Crippen molar-refractivity contribution >= 4 is 46.4 Å². The maximum Gasteiger partial charge on any atom is 0.421 e. The van der Waals surface area contributed by atoms with Crippen LogP contribution >= 0.6 is 7.14 Å². The molecule has 0 amide bonds. The number of alkyl halides is 3. The number of rotatable bonds is 10. The molecule has 0 radical (unpaired) electrons. The number of anilines is 4. The van der Waals surface area contributed by atoms with Crippen molar-refractivity contribution in [2.24, 2.45) is 7.05 Å². The number of hydrogen-bond donors (Lipinski definition) is 4. The summed E-state index contributed by atoms with van der Waals surface area (Å²) in [5, 5.41) is 28.6. The number of nitrogens with one attached hydrogen (secondary N) is 2. The Labute approximate surface area is 255 Å². The molecular formula is C32H39F3N5O3P. The van der Waals surface area contributed by atoms with Gasteiger partial charge in [-0.05, 0) is 68.2 Å². The quantitative estimate of drug-likeness (QED) is 0.132. The van der Waals surface area contributed by atoms with E-state index in [1.165, 1.54) is 4.57 Å². The standard InChI is InChI=1S/C32H39F3N5O3P/c1-4-15-44(43,16-5-2)23-8-6-7-21(17-23)37-31-36-18-26(32(33,34)35)29(39-31)38-27-14-13-24(20-9-11-22(41)12-10-20)25-19-40(3)30(42)28(25)27/h6-8,13-14,17-20,22,41-42H,4-5,9-12,15-16H2,1-3H3,(H2,36,37,38,39). The molecule has 0 saturated heterocycles. The molecule has 236 valence electrons. The van der Waals surface area contributed by atoms with Crippen molar-refractivity contribution in [1.29, 1.82) is 0 Å². The van der Waals surface area contributed by atoms with E-state index in [1.807, 2.05) is 26.0 Å². The molecule has 5 rings (SSSR count). The summed E-state index contributed by atoms with van der Waals surface area (Å²) in [6.07, 6.45) is 3.07. The minimum atomic E-state index is -4.74. The van der Waals surface area contributed by atoms with Crippen LogP contribution in [0.5, 0.6) is 5.88 Å². The summed E-state index contributed by atoms with van der Waals surface area (Å²) in [5.74, 6) is -0.448. The molecule has 4 aromatic rings. The summed E-state index contributed by atoms with van der Waals surface area (Å²) in [4.78, 5) is 8.17. The van der Waals surface area contributed by atoms with Gasteiger partial charge in [-0.15, -0.1) is 0 Å². The largest absolute Gasteiger partial charge is 0.494 e. The first kappa shape index (κ1) is 31.9. The summed E-state index contributed by atoms with van der Waals surface area (Å²) in [6.45, 7) is 3.99. The fourth-order valence-electron chi connectivity index (χ4n) is 6.22. The molecule has 2 heterocycles. The van der Waals surface area contributed by atoms with E-state index in [2.05, 4.69) is 20.6 Å². The van der Waals surface area contributed by atoms with Gasteiger partial charge in [0.25, 0.3) is 0 Å². The second-order valence-electron chi connectivity index (χ2n) is 11.7. The molecule has 1 aliphatic rings. The molecule has 0 atom stereocenters. The molecule has 8 nitrogen and oxygen atoms in total. The fourth-order valence-corrected chi connectivity index (χ4v) is 9.14. The Balaban J connectivity index is 1.51. The molecule has 1 aliphatic carbocycles. The van der Waals surface area contributed by atoms with Crippen LogP contribution < -0.4 is 15.9 Å². The highest BCUT2D eigenvalue weighted by atomic mass is 31.2. The van der Waals surface area contributed by atoms with Gasteiger partial charge in [0.1, 0.15) is 18.5 Å². The first-order chi connectivity index (χ1) is 20.9. The van der Waals surface area contributed by atoms with E-state index < -0.39 is 24.7 Å². The molecule has 0 bridgehead atoms.